The smallest absolute Gasteiger partial charge is 0.0798 e. The van der Waals surface area contributed by atoms with Crippen LogP contribution >= 0.6 is 11.3 Å². The van der Waals surface area contributed by atoms with E-state index in [1.807, 2.05) is 24.7 Å². The normalized spacial score (nSPS) is 10.7. The van der Waals surface area contributed by atoms with Crippen LogP contribution in [0.3, 0.4) is 0 Å². The Balaban J connectivity index is 1.92. The highest BCUT2D eigenvalue weighted by molar-refractivity contribution is 7.09. The summed E-state index contributed by atoms with van der Waals surface area (Å²) >= 11 is 1.70. The van der Waals surface area contributed by atoms with Crippen molar-refractivity contribution in [2.75, 3.05) is 0 Å². The van der Waals surface area contributed by atoms with E-state index in [1.54, 1.807) is 11.3 Å². The lowest BCUT2D eigenvalue weighted by Crippen LogP contribution is -2.15. The third kappa shape index (κ3) is 3.11. The number of nitrogens with zero attached hydrogens (tertiary/aromatic N) is 2. The SMILES string of the molecule is CCc1cccnc1CNCc1scnc1C. The Bertz CT molecular complexity index is 479. The average molecular weight is 247 g/mol. The molecule has 0 bridgehead atoms. The lowest BCUT2D eigenvalue weighted by Gasteiger charge is -2.07. The zero-order valence-corrected chi connectivity index (χ0v) is 11.0. The second kappa shape index (κ2) is 5.89. The molecule has 0 aromatic carbocycles. The fourth-order valence-corrected chi connectivity index (χ4v) is 2.49. The summed E-state index contributed by atoms with van der Waals surface area (Å²) < 4.78 is 0. The minimum Gasteiger partial charge on any atom is -0.306 e. The number of thiazole rings is 1. The molecular formula is C13H17N3S. The van der Waals surface area contributed by atoms with Crippen molar-refractivity contribution in [3.8, 4) is 0 Å². The van der Waals surface area contributed by atoms with E-state index in [0.29, 0.717) is 0 Å². The summed E-state index contributed by atoms with van der Waals surface area (Å²) in [6, 6.07) is 4.14. The standard InChI is InChI=1S/C13H17N3S/c1-3-11-5-4-6-15-12(11)7-14-8-13-10(2)16-9-17-13/h4-6,9,14H,3,7-8H2,1-2H3. The number of hydrogen-bond acceptors (Lipinski definition) is 4. The molecule has 0 aliphatic carbocycles. The number of aryl methyl sites for hydroxylation is 2. The second-order valence-electron chi connectivity index (χ2n) is 3.93. The Morgan fingerprint density at radius 2 is 2.18 bits per heavy atom. The molecule has 17 heavy (non-hydrogen) atoms. The number of rotatable bonds is 5. The molecule has 0 fully saturated rings. The van der Waals surface area contributed by atoms with Crippen molar-refractivity contribution in [3.05, 3.63) is 45.7 Å². The van der Waals surface area contributed by atoms with Crippen molar-refractivity contribution in [1.82, 2.24) is 15.3 Å². The lowest BCUT2D eigenvalue weighted by molar-refractivity contribution is 0.676. The molecule has 3 nitrogen and oxygen atoms in total. The van der Waals surface area contributed by atoms with E-state index >= 15 is 0 Å². The zero-order valence-electron chi connectivity index (χ0n) is 10.2. The Labute approximate surface area is 106 Å². The highest BCUT2D eigenvalue weighted by Gasteiger charge is 2.03. The molecular weight excluding hydrogens is 230 g/mol. The van der Waals surface area contributed by atoms with Crippen molar-refractivity contribution in [2.24, 2.45) is 0 Å². The summed E-state index contributed by atoms with van der Waals surface area (Å²) in [6.45, 7) is 5.90. The summed E-state index contributed by atoms with van der Waals surface area (Å²) in [6.07, 6.45) is 2.89. The number of nitrogens with one attached hydrogen (secondary N) is 1. The molecule has 0 saturated heterocycles. The Hall–Kier alpha value is -1.26. The molecule has 0 aliphatic heterocycles. The maximum atomic E-state index is 4.42. The van der Waals surface area contributed by atoms with E-state index in [0.717, 1.165) is 30.9 Å². The van der Waals surface area contributed by atoms with Crippen LogP contribution in [-0.4, -0.2) is 9.97 Å². The molecule has 4 heteroatoms. The molecule has 0 radical (unpaired) electrons. The third-order valence-corrected chi connectivity index (χ3v) is 3.72. The van der Waals surface area contributed by atoms with Gasteiger partial charge in [-0.1, -0.05) is 13.0 Å². The van der Waals surface area contributed by atoms with Gasteiger partial charge in [-0.2, -0.15) is 0 Å². The summed E-state index contributed by atoms with van der Waals surface area (Å²) in [7, 11) is 0. The average Bonchev–Trinajstić information content (AvgIpc) is 2.76. The molecule has 0 spiro atoms. The van der Waals surface area contributed by atoms with Crippen LogP contribution in [0.4, 0.5) is 0 Å². The van der Waals surface area contributed by atoms with Gasteiger partial charge in [0.15, 0.2) is 0 Å². The topological polar surface area (TPSA) is 37.8 Å². The largest absolute Gasteiger partial charge is 0.306 e. The Morgan fingerprint density at radius 3 is 2.88 bits per heavy atom. The predicted octanol–water partition coefficient (Wildman–Crippen LogP) is 2.70. The quantitative estimate of drug-likeness (QED) is 0.882. The van der Waals surface area contributed by atoms with Gasteiger partial charge in [0.25, 0.3) is 0 Å². The van der Waals surface area contributed by atoms with E-state index < -0.39 is 0 Å². The van der Waals surface area contributed by atoms with Gasteiger partial charge in [-0.3, -0.25) is 4.98 Å². The molecule has 2 aromatic rings. The van der Waals surface area contributed by atoms with E-state index in [1.165, 1.54) is 10.4 Å². The number of aromatic nitrogens is 2. The maximum Gasteiger partial charge on any atom is 0.0798 e. The zero-order chi connectivity index (χ0) is 12.1. The van der Waals surface area contributed by atoms with E-state index in [4.69, 9.17) is 0 Å². The van der Waals surface area contributed by atoms with Gasteiger partial charge in [0.1, 0.15) is 0 Å². The lowest BCUT2D eigenvalue weighted by atomic mass is 10.1. The molecule has 0 aliphatic rings. The maximum absolute atomic E-state index is 4.42. The molecule has 2 heterocycles. The first kappa shape index (κ1) is 12.2. The van der Waals surface area contributed by atoms with Gasteiger partial charge in [-0.15, -0.1) is 11.3 Å². The van der Waals surface area contributed by atoms with Crippen molar-refractivity contribution in [1.29, 1.82) is 0 Å². The van der Waals surface area contributed by atoms with Crippen LogP contribution in [0.25, 0.3) is 0 Å². The van der Waals surface area contributed by atoms with Crippen LogP contribution in [0.5, 0.6) is 0 Å². The van der Waals surface area contributed by atoms with Gasteiger partial charge < -0.3 is 5.32 Å². The highest BCUT2D eigenvalue weighted by atomic mass is 32.1. The van der Waals surface area contributed by atoms with E-state index in [-0.39, 0.29) is 0 Å². The summed E-state index contributed by atoms with van der Waals surface area (Å²) in [5, 5.41) is 3.43. The molecule has 90 valence electrons. The first-order valence-corrected chi connectivity index (χ1v) is 6.71. The summed E-state index contributed by atoms with van der Waals surface area (Å²) in [5.74, 6) is 0. The number of hydrogen-bond donors (Lipinski definition) is 1. The molecule has 0 atom stereocenters. The predicted molar refractivity (Wildman–Crippen MR) is 71.0 cm³/mol. The second-order valence-corrected chi connectivity index (χ2v) is 4.87. The van der Waals surface area contributed by atoms with Crippen LogP contribution in [0, 0.1) is 6.92 Å². The molecule has 2 rings (SSSR count). The summed E-state index contributed by atoms with van der Waals surface area (Å²) in [5.41, 5.74) is 5.49. The molecule has 2 aromatic heterocycles. The molecule has 0 unspecified atom stereocenters. The van der Waals surface area contributed by atoms with Crippen LogP contribution < -0.4 is 5.32 Å². The van der Waals surface area contributed by atoms with Crippen molar-refractivity contribution < 1.29 is 0 Å². The van der Waals surface area contributed by atoms with Gasteiger partial charge in [-0.25, -0.2) is 4.98 Å². The van der Waals surface area contributed by atoms with Crippen LogP contribution in [0.1, 0.15) is 28.8 Å². The minimum atomic E-state index is 0.821. The highest BCUT2D eigenvalue weighted by Crippen LogP contribution is 2.12. The third-order valence-electron chi connectivity index (χ3n) is 2.79. The van der Waals surface area contributed by atoms with Gasteiger partial charge in [0.05, 0.1) is 16.9 Å². The van der Waals surface area contributed by atoms with E-state index in [9.17, 15) is 0 Å². The number of pyridine rings is 1. The molecule has 0 saturated carbocycles. The van der Waals surface area contributed by atoms with E-state index in [2.05, 4.69) is 28.3 Å². The Kier molecular flexibility index (Phi) is 4.23. The fourth-order valence-electron chi connectivity index (χ4n) is 1.74. The monoisotopic (exact) mass is 247 g/mol. The van der Waals surface area contributed by atoms with Crippen molar-refractivity contribution in [2.45, 2.75) is 33.4 Å². The van der Waals surface area contributed by atoms with Crippen LogP contribution in [0.15, 0.2) is 23.8 Å². The van der Waals surface area contributed by atoms with Gasteiger partial charge in [0, 0.05) is 24.2 Å². The van der Waals surface area contributed by atoms with Crippen LogP contribution in [-0.2, 0) is 19.5 Å². The van der Waals surface area contributed by atoms with Gasteiger partial charge in [-0.05, 0) is 25.0 Å². The fraction of sp³-hybridized carbons (Fsp3) is 0.385. The van der Waals surface area contributed by atoms with Crippen LogP contribution in [0.2, 0.25) is 0 Å². The minimum absolute atomic E-state index is 0.821. The summed E-state index contributed by atoms with van der Waals surface area (Å²) in [4.78, 5) is 9.96. The first-order chi connectivity index (χ1) is 8.31. The molecule has 0 amide bonds. The van der Waals surface area contributed by atoms with Crippen molar-refractivity contribution >= 4 is 11.3 Å². The van der Waals surface area contributed by atoms with Gasteiger partial charge >= 0.3 is 0 Å². The van der Waals surface area contributed by atoms with Gasteiger partial charge in [0.2, 0.25) is 0 Å². The van der Waals surface area contributed by atoms with Crippen molar-refractivity contribution in [3.63, 3.8) is 0 Å². The first-order valence-electron chi connectivity index (χ1n) is 5.83. The Morgan fingerprint density at radius 1 is 1.29 bits per heavy atom. The molecule has 1 N–H and O–H groups in total.